The predicted octanol–water partition coefficient (Wildman–Crippen LogP) is 3.62. The van der Waals surface area contributed by atoms with E-state index in [0.717, 1.165) is 0 Å². The minimum atomic E-state index is -3.71. The third kappa shape index (κ3) is 4.72. The monoisotopic (exact) mass is 440 g/mol. The van der Waals surface area contributed by atoms with E-state index >= 15 is 0 Å². The molecule has 1 aliphatic rings. The Hall–Kier alpha value is -3.72. The van der Waals surface area contributed by atoms with Gasteiger partial charge in [-0.25, -0.2) is 9.18 Å². The second kappa shape index (κ2) is 8.57. The summed E-state index contributed by atoms with van der Waals surface area (Å²) in [6, 6.07) is 18.4. The minimum Gasteiger partial charge on any atom is -0.490 e. The molecule has 0 saturated carbocycles. The highest BCUT2D eigenvalue weighted by Crippen LogP contribution is 2.26. The lowest BCUT2D eigenvalue weighted by molar-refractivity contribution is 0.0450. The fourth-order valence-corrected chi connectivity index (χ4v) is 4.11. The molecule has 31 heavy (non-hydrogen) atoms. The smallest absolute Gasteiger partial charge is 0.338 e. The van der Waals surface area contributed by atoms with Crippen LogP contribution in [0.1, 0.15) is 15.9 Å². The lowest BCUT2D eigenvalue weighted by Gasteiger charge is -2.09. The molecule has 3 aromatic rings. The van der Waals surface area contributed by atoms with Gasteiger partial charge in [-0.3, -0.25) is 0 Å². The van der Waals surface area contributed by atoms with Crippen LogP contribution in [-0.2, 0) is 14.8 Å². The van der Waals surface area contributed by atoms with Crippen molar-refractivity contribution in [3.63, 3.8) is 0 Å². The summed E-state index contributed by atoms with van der Waals surface area (Å²) in [4.78, 5) is 12.3. The van der Waals surface area contributed by atoms with Crippen LogP contribution in [0.15, 0.2) is 82.1 Å². The quantitative estimate of drug-likeness (QED) is 0.465. The highest BCUT2D eigenvalue weighted by atomic mass is 32.2. The van der Waals surface area contributed by atoms with Crippen LogP contribution in [-0.4, -0.2) is 33.4 Å². The van der Waals surface area contributed by atoms with E-state index in [0.29, 0.717) is 22.6 Å². The molecule has 0 aromatic heterocycles. The summed E-state index contributed by atoms with van der Waals surface area (Å²) >= 11 is 0. The van der Waals surface area contributed by atoms with Crippen LogP contribution in [0.25, 0.3) is 0 Å². The zero-order chi connectivity index (χ0) is 21.8. The highest BCUT2D eigenvalue weighted by Gasteiger charge is 2.28. The fourth-order valence-electron chi connectivity index (χ4n) is 2.93. The van der Waals surface area contributed by atoms with E-state index in [2.05, 4.69) is 9.71 Å². The molecule has 0 spiro atoms. The summed E-state index contributed by atoms with van der Waals surface area (Å²) < 4.78 is 51.4. The Balaban J connectivity index is 1.32. The van der Waals surface area contributed by atoms with Crippen LogP contribution >= 0.6 is 0 Å². The molecule has 4 rings (SSSR count). The van der Waals surface area contributed by atoms with E-state index in [4.69, 9.17) is 9.47 Å². The van der Waals surface area contributed by atoms with Crippen molar-refractivity contribution in [1.82, 2.24) is 0 Å². The Kier molecular flexibility index (Phi) is 5.68. The molecule has 0 aliphatic carbocycles. The first-order valence-corrected chi connectivity index (χ1v) is 10.7. The summed E-state index contributed by atoms with van der Waals surface area (Å²) in [5, 5.41) is 2.97. The largest absolute Gasteiger partial charge is 0.490 e. The first-order chi connectivity index (χ1) is 14.9. The maximum atomic E-state index is 12.8. The number of fused-ring (bicyclic) bond motifs is 1. The Labute approximate surface area is 178 Å². The fraction of sp³-hybridized carbons (Fsp3) is 0.0909. The van der Waals surface area contributed by atoms with Crippen molar-refractivity contribution in [3.05, 3.63) is 89.7 Å². The second-order valence-corrected chi connectivity index (χ2v) is 8.12. The predicted molar refractivity (Wildman–Crippen MR) is 112 cm³/mol. The van der Waals surface area contributed by atoms with Crippen molar-refractivity contribution in [3.8, 4) is 5.75 Å². The molecule has 0 saturated heterocycles. The van der Waals surface area contributed by atoms with E-state index < -0.39 is 16.0 Å². The molecular weight excluding hydrogens is 423 g/mol. The van der Waals surface area contributed by atoms with Crippen molar-refractivity contribution in [2.45, 2.75) is 4.90 Å². The van der Waals surface area contributed by atoms with E-state index in [1.807, 2.05) is 0 Å². The number of carbonyl (C=O) groups excluding carboxylic acids is 1. The topological polar surface area (TPSA) is 94.1 Å². The Bertz CT molecular complexity index is 1240. The molecule has 3 aromatic carbocycles. The number of ether oxygens (including phenoxy) is 2. The summed E-state index contributed by atoms with van der Waals surface area (Å²) in [6.45, 7) is 0.159. The second-order valence-electron chi connectivity index (χ2n) is 6.55. The number of esters is 1. The van der Waals surface area contributed by atoms with Gasteiger partial charge in [-0.1, -0.05) is 12.1 Å². The maximum Gasteiger partial charge on any atom is 0.338 e. The summed E-state index contributed by atoms with van der Waals surface area (Å²) in [5.74, 6) is -0.182. The number of amidine groups is 1. The van der Waals surface area contributed by atoms with Gasteiger partial charge < -0.3 is 14.8 Å². The number of sulfonamides is 1. The molecule has 0 atom stereocenters. The number of carbonyl (C=O) groups is 1. The average molecular weight is 440 g/mol. The van der Waals surface area contributed by atoms with E-state index in [9.17, 15) is 17.6 Å². The molecule has 9 heteroatoms. The average Bonchev–Trinajstić information content (AvgIpc) is 3.03. The van der Waals surface area contributed by atoms with Crippen molar-refractivity contribution in [2.24, 2.45) is 4.40 Å². The first kappa shape index (κ1) is 20.5. The number of anilines is 1. The standard InChI is InChI=1S/C22H17FN2O5S/c23-16-7-11-18(12-8-16)29-13-14-30-22(26)15-5-9-17(10-6-15)24-21-19-3-1-2-4-20(19)31(27,28)25-21/h1-12H,13-14H2,(H,24,25). The maximum absolute atomic E-state index is 12.8. The lowest BCUT2D eigenvalue weighted by atomic mass is 10.1. The molecule has 1 aliphatic heterocycles. The third-order valence-corrected chi connectivity index (χ3v) is 5.75. The SMILES string of the molecule is O=C(OCCOc1ccc(F)cc1)c1ccc(NC2=NS(=O)(=O)c3ccccc32)cc1. The molecule has 1 heterocycles. The minimum absolute atomic E-state index is 0.0294. The van der Waals surface area contributed by atoms with Crippen molar-refractivity contribution in [1.29, 1.82) is 0 Å². The Morgan fingerprint density at radius 1 is 0.935 bits per heavy atom. The van der Waals surface area contributed by atoms with Gasteiger partial charge in [0, 0.05) is 11.3 Å². The molecule has 0 radical (unpaired) electrons. The number of benzene rings is 3. The van der Waals surface area contributed by atoms with Crippen LogP contribution in [0.4, 0.5) is 10.1 Å². The van der Waals surface area contributed by atoms with Crippen LogP contribution in [0.3, 0.4) is 0 Å². The van der Waals surface area contributed by atoms with Gasteiger partial charge in [0.05, 0.1) is 5.56 Å². The van der Waals surface area contributed by atoms with Gasteiger partial charge in [0.15, 0.2) is 5.84 Å². The number of hydrogen-bond donors (Lipinski definition) is 1. The number of nitrogens with zero attached hydrogens (tertiary/aromatic N) is 1. The number of halogens is 1. The molecule has 158 valence electrons. The van der Waals surface area contributed by atoms with Crippen molar-refractivity contribution >= 4 is 27.5 Å². The number of nitrogens with one attached hydrogen (secondary N) is 1. The van der Waals surface area contributed by atoms with Crippen LogP contribution < -0.4 is 10.1 Å². The normalized spacial score (nSPS) is 13.8. The van der Waals surface area contributed by atoms with Gasteiger partial charge in [-0.2, -0.15) is 8.42 Å². The molecule has 7 nitrogen and oxygen atoms in total. The third-order valence-electron chi connectivity index (χ3n) is 4.41. The van der Waals surface area contributed by atoms with Gasteiger partial charge in [0.1, 0.15) is 29.7 Å². The number of hydrogen-bond acceptors (Lipinski definition) is 6. The van der Waals surface area contributed by atoms with Gasteiger partial charge >= 0.3 is 5.97 Å². The zero-order valence-corrected chi connectivity index (χ0v) is 16.9. The number of rotatable bonds is 6. The van der Waals surface area contributed by atoms with Gasteiger partial charge in [-0.15, -0.1) is 4.40 Å². The van der Waals surface area contributed by atoms with Crippen LogP contribution in [0, 0.1) is 5.82 Å². The molecule has 1 N–H and O–H groups in total. The Morgan fingerprint density at radius 2 is 1.65 bits per heavy atom. The molecule has 0 unspecified atom stereocenters. The van der Waals surface area contributed by atoms with Crippen molar-refractivity contribution < 1.29 is 27.1 Å². The first-order valence-electron chi connectivity index (χ1n) is 9.29. The molecule has 0 fully saturated rings. The van der Waals surface area contributed by atoms with Gasteiger partial charge in [-0.05, 0) is 60.7 Å². The molecular formula is C22H17FN2O5S. The summed E-state index contributed by atoms with van der Waals surface area (Å²) in [6.07, 6.45) is 0. The zero-order valence-electron chi connectivity index (χ0n) is 16.1. The molecule has 0 amide bonds. The lowest BCUT2D eigenvalue weighted by Crippen LogP contribution is -2.13. The highest BCUT2D eigenvalue weighted by molar-refractivity contribution is 7.90. The summed E-state index contributed by atoms with van der Waals surface area (Å²) in [5.41, 5.74) is 1.39. The van der Waals surface area contributed by atoms with Gasteiger partial charge in [0.2, 0.25) is 0 Å². The van der Waals surface area contributed by atoms with E-state index in [1.165, 1.54) is 30.3 Å². The van der Waals surface area contributed by atoms with Crippen molar-refractivity contribution in [2.75, 3.05) is 18.5 Å². The van der Waals surface area contributed by atoms with Crippen LogP contribution in [0.2, 0.25) is 0 Å². The van der Waals surface area contributed by atoms with E-state index in [-0.39, 0.29) is 29.8 Å². The van der Waals surface area contributed by atoms with Crippen LogP contribution in [0.5, 0.6) is 5.75 Å². The Morgan fingerprint density at radius 3 is 2.39 bits per heavy atom. The molecule has 0 bridgehead atoms. The van der Waals surface area contributed by atoms with E-state index in [1.54, 1.807) is 42.5 Å². The summed E-state index contributed by atoms with van der Waals surface area (Å²) in [7, 11) is -3.71. The van der Waals surface area contributed by atoms with Gasteiger partial charge in [0.25, 0.3) is 10.0 Å².